The lowest BCUT2D eigenvalue weighted by Crippen LogP contribution is -2.19. The number of carbonyl (C=O) groups is 2. The first-order valence-corrected chi connectivity index (χ1v) is 5.98. The van der Waals surface area contributed by atoms with Crippen molar-refractivity contribution >= 4 is 11.9 Å². The van der Waals surface area contributed by atoms with Crippen molar-refractivity contribution in [2.75, 3.05) is 7.11 Å². The number of esters is 1. The Bertz CT molecular complexity index is 556. The van der Waals surface area contributed by atoms with Crippen molar-refractivity contribution in [2.24, 2.45) is 0 Å². The molecule has 1 aromatic rings. The third-order valence-electron chi connectivity index (χ3n) is 3.29. The van der Waals surface area contributed by atoms with Crippen LogP contribution in [0.1, 0.15) is 30.4 Å². The molecule has 19 heavy (non-hydrogen) atoms. The van der Waals surface area contributed by atoms with Crippen molar-refractivity contribution in [3.05, 3.63) is 35.4 Å². The quantitative estimate of drug-likeness (QED) is 0.662. The summed E-state index contributed by atoms with van der Waals surface area (Å²) in [5.41, 5.74) is 0.894. The molecular weight excluding hydrogens is 244 g/mol. The summed E-state index contributed by atoms with van der Waals surface area (Å²) < 4.78 is 4.48. The summed E-state index contributed by atoms with van der Waals surface area (Å²) in [6.45, 7) is 0. The molecule has 0 heterocycles. The fraction of sp³-hybridized carbons (Fsp3) is 0.333. The lowest BCUT2D eigenvalue weighted by molar-refractivity contribution is -0.140. The van der Waals surface area contributed by atoms with Gasteiger partial charge >= 0.3 is 11.9 Å². The number of ether oxygens (including phenoxy) is 1. The molecule has 0 spiro atoms. The number of methoxy groups -OCH3 is 1. The van der Waals surface area contributed by atoms with Gasteiger partial charge in [0, 0.05) is 5.56 Å². The van der Waals surface area contributed by atoms with Crippen molar-refractivity contribution < 1.29 is 19.4 Å². The number of hydrogen-bond acceptors (Lipinski definition) is 3. The molecule has 1 aliphatic rings. The van der Waals surface area contributed by atoms with Crippen molar-refractivity contribution in [2.45, 2.75) is 24.7 Å². The van der Waals surface area contributed by atoms with Crippen LogP contribution in [0.4, 0.5) is 0 Å². The Balaban J connectivity index is 2.07. The number of benzene rings is 1. The van der Waals surface area contributed by atoms with Crippen LogP contribution >= 0.6 is 0 Å². The highest BCUT2D eigenvalue weighted by molar-refractivity contribution is 5.84. The Morgan fingerprint density at radius 2 is 1.95 bits per heavy atom. The molecular formula is C15H14O4. The highest BCUT2D eigenvalue weighted by atomic mass is 16.5. The van der Waals surface area contributed by atoms with Crippen molar-refractivity contribution in [3.63, 3.8) is 0 Å². The summed E-state index contributed by atoms with van der Waals surface area (Å²) in [6, 6.07) is 7.15. The van der Waals surface area contributed by atoms with Crippen LogP contribution in [0.15, 0.2) is 24.3 Å². The average Bonchev–Trinajstić information content (AvgIpc) is 3.21. The SMILES string of the molecule is COC(=O)CC#Cc1ccc(C2(C(=O)O)CC2)cc1. The van der Waals surface area contributed by atoms with E-state index in [-0.39, 0.29) is 12.4 Å². The van der Waals surface area contributed by atoms with Crippen LogP contribution in [0.25, 0.3) is 0 Å². The number of hydrogen-bond donors (Lipinski definition) is 1. The summed E-state index contributed by atoms with van der Waals surface area (Å²) in [4.78, 5) is 22.1. The molecule has 0 amide bonds. The van der Waals surface area contributed by atoms with Gasteiger partial charge in [-0.25, -0.2) is 0 Å². The van der Waals surface area contributed by atoms with Gasteiger partial charge in [-0.2, -0.15) is 0 Å². The molecule has 1 fully saturated rings. The highest BCUT2D eigenvalue weighted by Gasteiger charge is 2.51. The van der Waals surface area contributed by atoms with Crippen molar-refractivity contribution in [3.8, 4) is 11.8 Å². The summed E-state index contributed by atoms with van der Waals surface area (Å²) in [5.74, 6) is 4.41. The maximum Gasteiger partial charge on any atom is 0.317 e. The molecule has 1 saturated carbocycles. The third kappa shape index (κ3) is 2.76. The normalized spacial score (nSPS) is 15.0. The topological polar surface area (TPSA) is 63.6 Å². The van der Waals surface area contributed by atoms with E-state index >= 15 is 0 Å². The minimum Gasteiger partial charge on any atom is -0.481 e. The van der Waals surface area contributed by atoms with Crippen LogP contribution < -0.4 is 0 Å². The minimum absolute atomic E-state index is 0.0529. The zero-order chi connectivity index (χ0) is 13.9. The molecule has 0 atom stereocenters. The van der Waals surface area contributed by atoms with E-state index in [1.54, 1.807) is 24.3 Å². The van der Waals surface area contributed by atoms with Crippen LogP contribution in [0.2, 0.25) is 0 Å². The molecule has 98 valence electrons. The minimum atomic E-state index is -0.767. The standard InChI is InChI=1S/C15H14O4/c1-19-13(16)4-2-3-11-5-7-12(8-6-11)15(9-10-15)14(17)18/h5-8H,4,9-10H2,1H3,(H,17,18). The van der Waals surface area contributed by atoms with Gasteiger partial charge in [-0.05, 0) is 30.5 Å². The van der Waals surface area contributed by atoms with Gasteiger partial charge in [0.1, 0.15) is 6.42 Å². The molecule has 0 radical (unpaired) electrons. The first-order valence-electron chi connectivity index (χ1n) is 5.98. The monoisotopic (exact) mass is 258 g/mol. The average molecular weight is 258 g/mol. The summed E-state index contributed by atoms with van der Waals surface area (Å²) in [7, 11) is 1.32. The fourth-order valence-corrected chi connectivity index (χ4v) is 1.91. The van der Waals surface area contributed by atoms with Crippen LogP contribution in [0.5, 0.6) is 0 Å². The molecule has 0 aromatic heterocycles. The predicted octanol–water partition coefficient (Wildman–Crippen LogP) is 1.72. The second kappa shape index (κ2) is 5.15. The van der Waals surface area contributed by atoms with Gasteiger partial charge in [0.15, 0.2) is 0 Å². The maximum atomic E-state index is 11.2. The number of carboxylic acid groups (broad SMARTS) is 1. The second-order valence-corrected chi connectivity index (χ2v) is 4.52. The molecule has 1 aliphatic carbocycles. The number of aliphatic carboxylic acids is 1. The van der Waals surface area contributed by atoms with Crippen LogP contribution in [-0.2, 0) is 19.7 Å². The molecule has 4 nitrogen and oxygen atoms in total. The van der Waals surface area contributed by atoms with Gasteiger partial charge in [-0.3, -0.25) is 9.59 Å². The van der Waals surface area contributed by atoms with E-state index in [4.69, 9.17) is 0 Å². The van der Waals surface area contributed by atoms with Gasteiger partial charge in [-0.15, -0.1) is 0 Å². The smallest absolute Gasteiger partial charge is 0.317 e. The van der Waals surface area contributed by atoms with Crippen molar-refractivity contribution in [1.29, 1.82) is 0 Å². The second-order valence-electron chi connectivity index (χ2n) is 4.52. The molecule has 0 saturated heterocycles. The number of rotatable bonds is 3. The van der Waals surface area contributed by atoms with Crippen molar-refractivity contribution in [1.82, 2.24) is 0 Å². The number of carbonyl (C=O) groups excluding carboxylic acids is 1. The van der Waals surface area contributed by atoms with Crippen LogP contribution in [-0.4, -0.2) is 24.2 Å². The van der Waals surface area contributed by atoms with Crippen LogP contribution in [0.3, 0.4) is 0 Å². The zero-order valence-electron chi connectivity index (χ0n) is 10.6. The zero-order valence-corrected chi connectivity index (χ0v) is 10.6. The van der Waals surface area contributed by atoms with E-state index < -0.39 is 11.4 Å². The molecule has 1 aromatic carbocycles. The lowest BCUT2D eigenvalue weighted by atomic mass is 9.95. The summed E-state index contributed by atoms with van der Waals surface area (Å²) in [5, 5.41) is 9.18. The van der Waals surface area contributed by atoms with E-state index in [1.807, 2.05) is 0 Å². The largest absolute Gasteiger partial charge is 0.481 e. The van der Waals surface area contributed by atoms with Gasteiger partial charge < -0.3 is 9.84 Å². The van der Waals surface area contributed by atoms with E-state index in [0.717, 1.165) is 11.1 Å². The fourth-order valence-electron chi connectivity index (χ4n) is 1.91. The van der Waals surface area contributed by atoms with Crippen LogP contribution in [0, 0.1) is 11.8 Å². The molecule has 0 unspecified atom stereocenters. The summed E-state index contributed by atoms with van der Waals surface area (Å²) in [6.07, 6.45) is 1.43. The van der Waals surface area contributed by atoms with Gasteiger partial charge in [0.2, 0.25) is 0 Å². The predicted molar refractivity (Wildman–Crippen MR) is 68.5 cm³/mol. The Kier molecular flexibility index (Phi) is 3.57. The number of carboxylic acids is 1. The van der Waals surface area contributed by atoms with E-state index in [0.29, 0.717) is 12.8 Å². The molecule has 0 bridgehead atoms. The van der Waals surface area contributed by atoms with E-state index in [1.165, 1.54) is 7.11 Å². The summed E-state index contributed by atoms with van der Waals surface area (Å²) >= 11 is 0. The first kappa shape index (κ1) is 13.2. The highest BCUT2D eigenvalue weighted by Crippen LogP contribution is 2.48. The van der Waals surface area contributed by atoms with Gasteiger partial charge in [-0.1, -0.05) is 24.0 Å². The molecule has 2 rings (SSSR count). The lowest BCUT2D eigenvalue weighted by Gasteiger charge is -2.09. The van der Waals surface area contributed by atoms with Gasteiger partial charge in [0.05, 0.1) is 12.5 Å². The first-order chi connectivity index (χ1) is 9.08. The maximum absolute atomic E-state index is 11.2. The molecule has 4 heteroatoms. The third-order valence-corrected chi connectivity index (χ3v) is 3.29. The molecule has 0 aliphatic heterocycles. The van der Waals surface area contributed by atoms with Gasteiger partial charge in [0.25, 0.3) is 0 Å². The van der Waals surface area contributed by atoms with E-state index in [2.05, 4.69) is 16.6 Å². The Labute approximate surface area is 111 Å². The Morgan fingerprint density at radius 1 is 1.32 bits per heavy atom. The molecule has 1 N–H and O–H groups in total. The Morgan fingerprint density at radius 3 is 2.42 bits per heavy atom. The Hall–Kier alpha value is -2.28. The van der Waals surface area contributed by atoms with E-state index in [9.17, 15) is 14.7 Å².